The summed E-state index contributed by atoms with van der Waals surface area (Å²) in [7, 11) is 0. The van der Waals surface area contributed by atoms with Gasteiger partial charge in [-0.1, -0.05) is 13.0 Å². The Hall–Kier alpha value is -3.39. The highest BCUT2D eigenvalue weighted by atomic mass is 19.1. The minimum atomic E-state index is -0.964. The van der Waals surface area contributed by atoms with E-state index in [4.69, 9.17) is 1.37 Å². The lowest BCUT2D eigenvalue weighted by Crippen LogP contribution is -2.51. The molecule has 0 radical (unpaired) electrons. The number of benzene rings is 3. The van der Waals surface area contributed by atoms with Crippen molar-refractivity contribution in [2.45, 2.75) is 38.3 Å². The summed E-state index contributed by atoms with van der Waals surface area (Å²) >= 11 is 0. The number of piperazine rings is 1. The van der Waals surface area contributed by atoms with Crippen LogP contribution in [0.2, 0.25) is 0 Å². The second-order valence-corrected chi connectivity index (χ2v) is 9.10. The summed E-state index contributed by atoms with van der Waals surface area (Å²) in [5.41, 5.74) is -0.242. The topological polar surface area (TPSA) is 61.3 Å². The van der Waals surface area contributed by atoms with Gasteiger partial charge in [0.1, 0.15) is 36.4 Å². The fourth-order valence-corrected chi connectivity index (χ4v) is 5.57. The van der Waals surface area contributed by atoms with Gasteiger partial charge in [0.15, 0.2) is 5.82 Å². The Balaban J connectivity index is 1.62. The third kappa shape index (κ3) is 3.20. The Bertz CT molecular complexity index is 1500. The van der Waals surface area contributed by atoms with Gasteiger partial charge >= 0.3 is 0 Å². The molecule has 2 aliphatic rings. The van der Waals surface area contributed by atoms with Gasteiger partial charge in [-0.15, -0.1) is 0 Å². The van der Waals surface area contributed by atoms with E-state index in [0.29, 0.717) is 41.7 Å². The van der Waals surface area contributed by atoms with Gasteiger partial charge < -0.3 is 15.3 Å². The standard InChI is InChI=1S/C26H23F3N4O/c1-2-17-20(27)6-3-13-7-16(34)8-18(22(13)17)23-21(28)9-19-25(24(23)29)30-12-31-26(19)33-10-14-4-5-15(11-33)32-14/h3,6-9,12,14-15,32,34H,2,4-5,10-11H2,1H3/i12D. The fraction of sp³-hybridized carbons (Fsp3) is 0.308. The van der Waals surface area contributed by atoms with E-state index in [2.05, 4.69) is 15.3 Å². The molecule has 1 aromatic heterocycles. The quantitative estimate of drug-likeness (QED) is 0.442. The zero-order valence-corrected chi connectivity index (χ0v) is 18.5. The summed E-state index contributed by atoms with van der Waals surface area (Å²) in [4.78, 5) is 10.2. The van der Waals surface area contributed by atoms with E-state index < -0.39 is 23.0 Å². The molecule has 0 spiro atoms. The van der Waals surface area contributed by atoms with Crippen LogP contribution in [0.5, 0.6) is 5.75 Å². The third-order valence-corrected chi connectivity index (χ3v) is 7.04. The Labute approximate surface area is 195 Å². The predicted octanol–water partition coefficient (Wildman–Crippen LogP) is 5.08. The number of nitrogens with one attached hydrogen (secondary N) is 1. The van der Waals surface area contributed by atoms with Crippen molar-refractivity contribution in [3.8, 4) is 16.9 Å². The number of phenolic OH excluding ortho intramolecular Hbond substituents is 1. The van der Waals surface area contributed by atoms with Gasteiger partial charge in [-0.25, -0.2) is 23.1 Å². The largest absolute Gasteiger partial charge is 0.508 e. The second kappa shape index (κ2) is 7.84. The molecule has 2 unspecified atom stereocenters. The zero-order chi connectivity index (χ0) is 24.4. The Morgan fingerprint density at radius 1 is 1.09 bits per heavy atom. The van der Waals surface area contributed by atoms with Crippen molar-refractivity contribution in [1.29, 1.82) is 0 Å². The van der Waals surface area contributed by atoms with E-state index in [0.717, 1.165) is 12.8 Å². The van der Waals surface area contributed by atoms with Crippen molar-refractivity contribution in [3.63, 3.8) is 0 Å². The van der Waals surface area contributed by atoms with E-state index in [1.807, 2.05) is 4.90 Å². The number of hydrogen-bond donors (Lipinski definition) is 2. The molecule has 5 nitrogen and oxygen atoms in total. The molecule has 2 N–H and O–H groups in total. The van der Waals surface area contributed by atoms with Gasteiger partial charge in [0.2, 0.25) is 0 Å². The van der Waals surface area contributed by atoms with Gasteiger partial charge in [0, 0.05) is 30.6 Å². The molecule has 0 saturated carbocycles. The SMILES string of the molecule is [2H]c1nc(N2CC3CCC(C2)N3)c2cc(F)c(-c3cc(O)cc4ccc(F)c(CC)c34)c(F)c2n1. The van der Waals surface area contributed by atoms with Crippen molar-refractivity contribution < 1.29 is 19.6 Å². The van der Waals surface area contributed by atoms with Crippen LogP contribution in [-0.4, -0.2) is 40.2 Å². The van der Waals surface area contributed by atoms with Crippen LogP contribution in [0.3, 0.4) is 0 Å². The van der Waals surface area contributed by atoms with Crippen molar-refractivity contribution in [2.75, 3.05) is 18.0 Å². The molecule has 174 valence electrons. The van der Waals surface area contributed by atoms with Crippen molar-refractivity contribution in [1.82, 2.24) is 15.3 Å². The number of rotatable bonds is 3. The van der Waals surface area contributed by atoms with E-state index in [1.54, 1.807) is 6.92 Å². The number of aromatic nitrogens is 2. The lowest BCUT2D eigenvalue weighted by atomic mass is 9.91. The summed E-state index contributed by atoms with van der Waals surface area (Å²) in [5, 5.41) is 14.8. The average molecular weight is 465 g/mol. The van der Waals surface area contributed by atoms with E-state index >= 15 is 8.78 Å². The first-order valence-corrected chi connectivity index (χ1v) is 11.5. The molecule has 2 bridgehead atoms. The molecule has 34 heavy (non-hydrogen) atoms. The van der Waals surface area contributed by atoms with Crippen molar-refractivity contribution >= 4 is 27.5 Å². The number of hydrogen-bond acceptors (Lipinski definition) is 5. The average Bonchev–Trinajstić information content (AvgIpc) is 3.16. The third-order valence-electron chi connectivity index (χ3n) is 7.04. The normalized spacial score (nSPS) is 20.4. The summed E-state index contributed by atoms with van der Waals surface area (Å²) in [6.45, 7) is 3.01. The van der Waals surface area contributed by atoms with E-state index in [-0.39, 0.29) is 40.6 Å². The number of anilines is 1. The molecule has 0 aliphatic carbocycles. The Morgan fingerprint density at radius 2 is 1.85 bits per heavy atom. The van der Waals surface area contributed by atoms with Gasteiger partial charge in [0.25, 0.3) is 0 Å². The van der Waals surface area contributed by atoms with Gasteiger partial charge in [-0.2, -0.15) is 0 Å². The second-order valence-electron chi connectivity index (χ2n) is 9.10. The molecular formula is C26H23F3N4O. The van der Waals surface area contributed by atoms with Crippen LogP contribution in [0.15, 0.2) is 36.6 Å². The molecule has 6 rings (SSSR count). The summed E-state index contributed by atoms with van der Waals surface area (Å²) in [6, 6.07) is 7.16. The predicted molar refractivity (Wildman–Crippen MR) is 126 cm³/mol. The lowest BCUT2D eigenvalue weighted by Gasteiger charge is -2.34. The molecule has 0 amide bonds. The summed E-state index contributed by atoms with van der Waals surface area (Å²) in [6.07, 6.45) is 1.97. The van der Waals surface area contributed by atoms with Gasteiger partial charge in [-0.3, -0.25) is 0 Å². The molecule has 3 heterocycles. The molecule has 4 aromatic rings. The molecule has 2 fully saturated rings. The zero-order valence-electron chi connectivity index (χ0n) is 19.5. The first-order valence-electron chi connectivity index (χ1n) is 12.0. The number of halogens is 3. The van der Waals surface area contributed by atoms with Crippen LogP contribution in [0.25, 0.3) is 32.8 Å². The first-order chi connectivity index (χ1) is 16.8. The molecule has 2 atom stereocenters. The smallest absolute Gasteiger partial charge is 0.160 e. The summed E-state index contributed by atoms with van der Waals surface area (Å²) < 4.78 is 54.6. The Morgan fingerprint density at radius 3 is 2.59 bits per heavy atom. The monoisotopic (exact) mass is 465 g/mol. The first kappa shape index (κ1) is 20.0. The van der Waals surface area contributed by atoms with Gasteiger partial charge in [0.05, 0.1) is 5.56 Å². The fourth-order valence-electron chi connectivity index (χ4n) is 5.57. The minimum absolute atomic E-state index is 0.0418. The van der Waals surface area contributed by atoms with Crippen molar-refractivity contribution in [3.05, 3.63) is 59.7 Å². The number of nitrogens with zero attached hydrogens (tertiary/aromatic N) is 3. The number of aromatic hydroxyl groups is 1. The van der Waals surface area contributed by atoms with Crippen LogP contribution < -0.4 is 10.2 Å². The highest BCUT2D eigenvalue weighted by Gasteiger charge is 2.34. The molecule has 2 saturated heterocycles. The van der Waals surface area contributed by atoms with Crippen molar-refractivity contribution in [2.24, 2.45) is 0 Å². The van der Waals surface area contributed by atoms with Gasteiger partial charge in [-0.05, 0) is 65.4 Å². The van der Waals surface area contributed by atoms with E-state index in [9.17, 15) is 9.50 Å². The molecule has 2 aliphatic heterocycles. The maximum Gasteiger partial charge on any atom is 0.160 e. The highest BCUT2D eigenvalue weighted by molar-refractivity contribution is 6.03. The van der Waals surface area contributed by atoms with Crippen LogP contribution in [0.4, 0.5) is 19.0 Å². The lowest BCUT2D eigenvalue weighted by molar-refractivity contribution is 0.464. The summed E-state index contributed by atoms with van der Waals surface area (Å²) in [5.74, 6) is -2.17. The maximum absolute atomic E-state index is 16.1. The van der Waals surface area contributed by atoms with Crippen LogP contribution in [0, 0.1) is 17.5 Å². The van der Waals surface area contributed by atoms with Crippen LogP contribution >= 0.6 is 0 Å². The highest BCUT2D eigenvalue weighted by Crippen LogP contribution is 2.41. The maximum atomic E-state index is 16.1. The molecular weight excluding hydrogens is 441 g/mol. The molecule has 3 aromatic carbocycles. The van der Waals surface area contributed by atoms with Crippen LogP contribution in [-0.2, 0) is 6.42 Å². The van der Waals surface area contributed by atoms with Crippen LogP contribution in [0.1, 0.15) is 26.7 Å². The number of aryl methyl sites for hydroxylation is 1. The number of fused-ring (bicyclic) bond motifs is 4. The number of phenols is 1. The molecule has 8 heteroatoms. The van der Waals surface area contributed by atoms with E-state index in [1.165, 1.54) is 30.3 Å². The minimum Gasteiger partial charge on any atom is -0.508 e. The Kier molecular flexibility index (Phi) is 4.62.